The van der Waals surface area contributed by atoms with E-state index in [4.69, 9.17) is 16.3 Å². The molecule has 10 N–H and O–H groups in total. The minimum atomic E-state index is -1.59. The number of aromatic hydroxyl groups is 1. The molecule has 3 rings (SSSR count). The Morgan fingerprint density at radius 2 is 1.54 bits per heavy atom. The Morgan fingerprint density at radius 1 is 0.923 bits per heavy atom. The van der Waals surface area contributed by atoms with Gasteiger partial charge in [0, 0.05) is 17.1 Å². The SMILES string of the molecule is O=C(NCCc1ccc(Cc2cc([C@@H]3O[C@H](CO)[C@@H](O)[C@H](O)[C@H]3O)c(O)cc2Cl)cc1)NC(CO)(CO)CO. The van der Waals surface area contributed by atoms with Crippen molar-refractivity contribution >= 4 is 17.6 Å². The van der Waals surface area contributed by atoms with Crippen LogP contribution < -0.4 is 10.6 Å². The molecule has 1 heterocycles. The van der Waals surface area contributed by atoms with E-state index in [9.17, 15) is 45.6 Å². The molecule has 13 heteroatoms. The number of nitrogens with one attached hydrogen (secondary N) is 2. The van der Waals surface area contributed by atoms with Crippen LogP contribution in [-0.4, -0.2) is 110 Å². The Bertz CT molecular complexity index is 1090. The number of amides is 2. The molecular formula is C26H35ClN2O10. The highest BCUT2D eigenvalue weighted by molar-refractivity contribution is 6.31. The summed E-state index contributed by atoms with van der Waals surface area (Å²) in [6, 6.07) is 9.66. The normalized spacial score (nSPS) is 23.4. The summed E-state index contributed by atoms with van der Waals surface area (Å²) in [5, 5.41) is 83.7. The molecule has 0 aliphatic carbocycles. The number of halogens is 1. The molecule has 39 heavy (non-hydrogen) atoms. The number of rotatable bonds is 11. The van der Waals surface area contributed by atoms with Gasteiger partial charge in [0.15, 0.2) is 0 Å². The molecule has 1 aliphatic rings. The van der Waals surface area contributed by atoms with Crippen molar-refractivity contribution in [3.8, 4) is 5.75 Å². The molecule has 0 radical (unpaired) electrons. The quantitative estimate of drug-likeness (QED) is 0.154. The van der Waals surface area contributed by atoms with Crippen molar-refractivity contribution in [2.45, 2.75) is 48.9 Å². The number of carbonyl (C=O) groups is 1. The van der Waals surface area contributed by atoms with Crippen LogP contribution in [0.5, 0.6) is 5.75 Å². The Kier molecular flexibility index (Phi) is 10.9. The lowest BCUT2D eigenvalue weighted by atomic mass is 9.89. The molecular weight excluding hydrogens is 536 g/mol. The monoisotopic (exact) mass is 570 g/mol. The first-order valence-electron chi connectivity index (χ1n) is 12.4. The summed E-state index contributed by atoms with van der Waals surface area (Å²) >= 11 is 6.36. The predicted molar refractivity (Wildman–Crippen MR) is 139 cm³/mol. The van der Waals surface area contributed by atoms with E-state index in [-0.39, 0.29) is 22.9 Å². The maximum absolute atomic E-state index is 12.0. The first-order chi connectivity index (χ1) is 18.6. The van der Waals surface area contributed by atoms with Crippen LogP contribution in [-0.2, 0) is 17.6 Å². The number of carbonyl (C=O) groups excluding carboxylic acids is 1. The summed E-state index contributed by atoms with van der Waals surface area (Å²) in [5.74, 6) is -0.269. The topological polar surface area (TPSA) is 212 Å². The lowest BCUT2D eigenvalue weighted by Gasteiger charge is -2.40. The molecule has 0 bridgehead atoms. The Morgan fingerprint density at radius 3 is 2.13 bits per heavy atom. The van der Waals surface area contributed by atoms with Gasteiger partial charge in [-0.05, 0) is 41.7 Å². The second-order valence-electron chi connectivity index (χ2n) is 9.63. The Labute approximate surface area is 230 Å². The second-order valence-corrected chi connectivity index (χ2v) is 10.0. The van der Waals surface area contributed by atoms with Crippen LogP contribution in [0.2, 0.25) is 5.02 Å². The summed E-state index contributed by atoms with van der Waals surface area (Å²) in [5.41, 5.74) is 1.03. The number of hydrogen-bond acceptors (Lipinski definition) is 10. The highest BCUT2D eigenvalue weighted by Crippen LogP contribution is 2.39. The van der Waals surface area contributed by atoms with E-state index in [1.165, 1.54) is 6.07 Å². The molecule has 2 aromatic carbocycles. The maximum Gasteiger partial charge on any atom is 0.315 e. The molecule has 5 atom stereocenters. The molecule has 2 amide bonds. The average molecular weight is 571 g/mol. The largest absolute Gasteiger partial charge is 0.508 e. The van der Waals surface area contributed by atoms with Gasteiger partial charge in [-0.2, -0.15) is 0 Å². The number of phenolic OH excluding ortho intramolecular Hbond substituents is 1. The zero-order valence-electron chi connectivity index (χ0n) is 21.1. The van der Waals surface area contributed by atoms with Crippen molar-refractivity contribution in [3.63, 3.8) is 0 Å². The van der Waals surface area contributed by atoms with Gasteiger partial charge in [-0.3, -0.25) is 0 Å². The fourth-order valence-electron chi connectivity index (χ4n) is 4.27. The summed E-state index contributed by atoms with van der Waals surface area (Å²) in [7, 11) is 0. The molecule has 1 saturated heterocycles. The van der Waals surface area contributed by atoms with Gasteiger partial charge in [-0.1, -0.05) is 35.9 Å². The number of aliphatic hydroxyl groups excluding tert-OH is 7. The van der Waals surface area contributed by atoms with Crippen LogP contribution in [0.3, 0.4) is 0 Å². The molecule has 0 saturated carbocycles. The van der Waals surface area contributed by atoms with Crippen molar-refractivity contribution in [3.05, 3.63) is 63.7 Å². The molecule has 0 unspecified atom stereocenters. The van der Waals surface area contributed by atoms with E-state index in [0.29, 0.717) is 18.4 Å². The van der Waals surface area contributed by atoms with Gasteiger partial charge in [0.05, 0.1) is 26.4 Å². The number of hydrogen-bond donors (Lipinski definition) is 10. The number of urea groups is 1. The number of phenols is 1. The molecule has 216 valence electrons. The van der Waals surface area contributed by atoms with Crippen LogP contribution >= 0.6 is 11.6 Å². The summed E-state index contributed by atoms with van der Waals surface area (Å²) in [6.45, 7) is -2.20. The summed E-state index contributed by atoms with van der Waals surface area (Å²) < 4.78 is 5.57. The standard InChI is InChI=1S/C26H35ClN2O10/c27-18-9-19(34)17(24-23(37)22(36)21(35)20(10-30)39-24)8-16(18)7-15-3-1-14(2-4-15)5-6-28-25(38)29-26(11-31,12-32)13-33/h1-4,8-9,20-24,30-37H,5-7,10-13H2,(H2,28,29,38)/t20-,21-,22+,23-,24+/m1/s1. The van der Waals surface area contributed by atoms with Crippen molar-refractivity contribution in [1.82, 2.24) is 10.6 Å². The van der Waals surface area contributed by atoms with Crippen LogP contribution in [0.15, 0.2) is 36.4 Å². The van der Waals surface area contributed by atoms with Crippen LogP contribution in [0.1, 0.15) is 28.4 Å². The minimum absolute atomic E-state index is 0.153. The van der Waals surface area contributed by atoms with E-state index in [1.807, 2.05) is 24.3 Å². The van der Waals surface area contributed by atoms with Gasteiger partial charge in [-0.25, -0.2) is 4.79 Å². The van der Waals surface area contributed by atoms with E-state index < -0.39 is 68.5 Å². The lowest BCUT2D eigenvalue weighted by molar-refractivity contribution is -0.232. The zero-order chi connectivity index (χ0) is 28.7. The summed E-state index contributed by atoms with van der Waals surface area (Å²) in [4.78, 5) is 12.0. The smallest absolute Gasteiger partial charge is 0.315 e. The summed E-state index contributed by atoms with van der Waals surface area (Å²) in [6.07, 6.45) is -6.15. The highest BCUT2D eigenvalue weighted by Gasteiger charge is 2.44. The van der Waals surface area contributed by atoms with E-state index >= 15 is 0 Å². The van der Waals surface area contributed by atoms with Gasteiger partial charge in [0.25, 0.3) is 0 Å². The first kappa shape index (κ1) is 31.0. The van der Waals surface area contributed by atoms with Gasteiger partial charge in [0.1, 0.15) is 41.8 Å². The van der Waals surface area contributed by atoms with Crippen LogP contribution in [0.4, 0.5) is 4.79 Å². The van der Waals surface area contributed by atoms with Crippen molar-refractivity contribution < 1.29 is 50.4 Å². The van der Waals surface area contributed by atoms with Gasteiger partial charge < -0.3 is 56.2 Å². The van der Waals surface area contributed by atoms with Crippen LogP contribution in [0, 0.1) is 0 Å². The van der Waals surface area contributed by atoms with Gasteiger partial charge in [-0.15, -0.1) is 0 Å². The van der Waals surface area contributed by atoms with Crippen molar-refractivity contribution in [1.29, 1.82) is 0 Å². The van der Waals surface area contributed by atoms with Crippen molar-refractivity contribution in [2.75, 3.05) is 33.0 Å². The van der Waals surface area contributed by atoms with Gasteiger partial charge >= 0.3 is 6.03 Å². The second kappa shape index (κ2) is 13.7. The zero-order valence-corrected chi connectivity index (χ0v) is 21.8. The first-order valence-corrected chi connectivity index (χ1v) is 12.7. The van der Waals surface area contributed by atoms with Crippen molar-refractivity contribution in [2.24, 2.45) is 0 Å². The minimum Gasteiger partial charge on any atom is -0.508 e. The average Bonchev–Trinajstić information content (AvgIpc) is 2.93. The third-order valence-corrected chi connectivity index (χ3v) is 7.15. The lowest BCUT2D eigenvalue weighted by Crippen LogP contribution is -2.59. The third-order valence-electron chi connectivity index (χ3n) is 6.80. The van der Waals surface area contributed by atoms with Crippen LogP contribution in [0.25, 0.3) is 0 Å². The van der Waals surface area contributed by atoms with E-state index in [2.05, 4.69) is 10.6 Å². The number of aliphatic hydroxyl groups is 7. The molecule has 0 spiro atoms. The van der Waals surface area contributed by atoms with Gasteiger partial charge in [0.2, 0.25) is 0 Å². The maximum atomic E-state index is 12.0. The van der Waals surface area contributed by atoms with E-state index in [1.54, 1.807) is 6.07 Å². The predicted octanol–water partition coefficient (Wildman–Crippen LogP) is -1.29. The Balaban J connectivity index is 1.64. The fraction of sp³-hybridized carbons (Fsp3) is 0.500. The third kappa shape index (κ3) is 7.37. The highest BCUT2D eigenvalue weighted by atomic mass is 35.5. The number of ether oxygens (including phenoxy) is 1. The number of benzene rings is 2. The molecule has 0 aromatic heterocycles. The molecule has 12 nitrogen and oxygen atoms in total. The molecule has 1 fully saturated rings. The molecule has 2 aromatic rings. The van der Waals surface area contributed by atoms with E-state index in [0.717, 1.165) is 11.1 Å². The fourth-order valence-corrected chi connectivity index (χ4v) is 4.49. The Hall–Kier alpha value is -2.52. The molecule has 1 aliphatic heterocycles.